The highest BCUT2D eigenvalue weighted by atomic mass is 35.5. The summed E-state index contributed by atoms with van der Waals surface area (Å²) in [5, 5.41) is 17.0. The zero-order chi connectivity index (χ0) is 18.8. The molecule has 0 spiro atoms. The first-order chi connectivity index (χ1) is 13.2. The Kier molecular flexibility index (Phi) is 5.61. The van der Waals surface area contributed by atoms with Crippen LogP contribution in [0, 0.1) is 6.92 Å². The zero-order valence-electron chi connectivity index (χ0n) is 15.1. The van der Waals surface area contributed by atoms with Gasteiger partial charge in [0.2, 0.25) is 0 Å². The molecule has 4 rings (SSSR count). The average molecular weight is 404 g/mol. The molecule has 1 aliphatic heterocycles. The first-order valence-electron chi connectivity index (χ1n) is 9.01. The van der Waals surface area contributed by atoms with Gasteiger partial charge >= 0.3 is 0 Å². The third-order valence-electron chi connectivity index (χ3n) is 4.70. The molecule has 1 aromatic carbocycles. The number of thiophene rings is 1. The third kappa shape index (κ3) is 3.95. The average Bonchev–Trinajstić information content (AvgIpc) is 3.11. The van der Waals surface area contributed by atoms with Crippen LogP contribution in [-0.2, 0) is 6.61 Å². The number of benzene rings is 1. The van der Waals surface area contributed by atoms with Gasteiger partial charge < -0.3 is 20.5 Å². The number of nitrogens with zero attached hydrogens (tertiary/aromatic N) is 1. The molecule has 27 heavy (non-hydrogen) atoms. The molecular weight excluding hydrogens is 382 g/mol. The van der Waals surface area contributed by atoms with Crippen LogP contribution in [0.25, 0.3) is 21.3 Å². The van der Waals surface area contributed by atoms with Crippen molar-refractivity contribution in [3.05, 3.63) is 45.9 Å². The zero-order valence-corrected chi connectivity index (χ0v) is 16.7. The number of aliphatic hydroxyl groups is 1. The minimum atomic E-state index is 0.0126. The number of pyridine rings is 1. The van der Waals surface area contributed by atoms with Crippen LogP contribution in [-0.4, -0.2) is 42.4 Å². The third-order valence-corrected chi connectivity index (χ3v) is 6.06. The monoisotopic (exact) mass is 403 g/mol. The van der Waals surface area contributed by atoms with Crippen molar-refractivity contribution in [2.24, 2.45) is 0 Å². The number of rotatable bonds is 5. The molecule has 0 saturated carbocycles. The lowest BCUT2D eigenvalue weighted by molar-refractivity contribution is 0.246. The maximum absolute atomic E-state index is 9.50. The van der Waals surface area contributed by atoms with Crippen LogP contribution in [0.2, 0.25) is 5.02 Å². The van der Waals surface area contributed by atoms with E-state index in [2.05, 4.69) is 15.6 Å². The smallest absolute Gasteiger partial charge is 0.130 e. The normalized spacial score (nSPS) is 17.4. The van der Waals surface area contributed by atoms with E-state index in [-0.39, 0.29) is 12.6 Å². The van der Waals surface area contributed by atoms with Crippen LogP contribution in [0.15, 0.2) is 30.5 Å². The van der Waals surface area contributed by atoms with Crippen molar-refractivity contribution in [2.45, 2.75) is 19.6 Å². The van der Waals surface area contributed by atoms with Gasteiger partial charge in [0.25, 0.3) is 0 Å². The van der Waals surface area contributed by atoms with Crippen LogP contribution in [0.3, 0.4) is 0 Å². The van der Waals surface area contributed by atoms with Crippen LogP contribution in [0.4, 0.5) is 0 Å². The van der Waals surface area contributed by atoms with Gasteiger partial charge in [-0.3, -0.25) is 4.98 Å². The summed E-state index contributed by atoms with van der Waals surface area (Å²) >= 11 is 7.93. The van der Waals surface area contributed by atoms with Gasteiger partial charge in [0.1, 0.15) is 12.4 Å². The molecule has 0 bridgehead atoms. The molecule has 1 fully saturated rings. The van der Waals surface area contributed by atoms with Crippen LogP contribution < -0.4 is 15.4 Å². The second kappa shape index (κ2) is 8.12. The van der Waals surface area contributed by atoms with Crippen LogP contribution in [0.1, 0.15) is 10.4 Å². The maximum atomic E-state index is 9.50. The van der Waals surface area contributed by atoms with Crippen molar-refractivity contribution in [1.29, 1.82) is 0 Å². The van der Waals surface area contributed by atoms with Crippen molar-refractivity contribution in [2.75, 3.05) is 26.2 Å². The summed E-state index contributed by atoms with van der Waals surface area (Å²) in [5.41, 5.74) is 3.87. The lowest BCUT2D eigenvalue weighted by Gasteiger charge is -2.25. The number of nitrogens with one attached hydrogen (secondary N) is 2. The number of ether oxygens (including phenoxy) is 1. The van der Waals surface area contributed by atoms with Gasteiger partial charge in [-0.2, -0.15) is 0 Å². The van der Waals surface area contributed by atoms with Gasteiger partial charge in [-0.25, -0.2) is 0 Å². The molecule has 3 heterocycles. The van der Waals surface area contributed by atoms with E-state index in [9.17, 15) is 5.11 Å². The Hall–Kier alpha value is -1.70. The molecule has 1 saturated heterocycles. The highest BCUT2D eigenvalue weighted by Crippen LogP contribution is 2.41. The Balaban J connectivity index is 1.74. The molecule has 7 heteroatoms. The van der Waals surface area contributed by atoms with Gasteiger partial charge in [-0.15, -0.1) is 11.3 Å². The summed E-state index contributed by atoms with van der Waals surface area (Å²) in [6.07, 6.45) is 1.79. The fourth-order valence-corrected chi connectivity index (χ4v) is 4.69. The summed E-state index contributed by atoms with van der Waals surface area (Å²) in [5.74, 6) is 0.846. The minimum Gasteiger partial charge on any atom is -0.491 e. The molecule has 5 nitrogen and oxygen atoms in total. The summed E-state index contributed by atoms with van der Waals surface area (Å²) in [7, 11) is 0. The van der Waals surface area contributed by atoms with Crippen molar-refractivity contribution < 1.29 is 9.84 Å². The number of fused-ring (bicyclic) bond motifs is 1. The predicted octanol–water partition coefficient (Wildman–Crippen LogP) is 3.36. The van der Waals surface area contributed by atoms with E-state index in [1.165, 1.54) is 0 Å². The molecule has 0 amide bonds. The molecule has 3 N–H and O–H groups in total. The molecule has 0 unspecified atom stereocenters. The minimum absolute atomic E-state index is 0.0126. The van der Waals surface area contributed by atoms with Gasteiger partial charge in [0.15, 0.2) is 0 Å². The fourth-order valence-electron chi connectivity index (χ4n) is 3.41. The largest absolute Gasteiger partial charge is 0.491 e. The van der Waals surface area contributed by atoms with E-state index >= 15 is 0 Å². The molecule has 0 aliphatic carbocycles. The predicted molar refractivity (Wildman–Crippen MR) is 111 cm³/mol. The summed E-state index contributed by atoms with van der Waals surface area (Å²) in [6, 6.07) is 8.07. The topological polar surface area (TPSA) is 66.4 Å². The van der Waals surface area contributed by atoms with E-state index in [4.69, 9.17) is 16.3 Å². The van der Waals surface area contributed by atoms with Crippen LogP contribution >= 0.6 is 22.9 Å². The second-order valence-corrected chi connectivity index (χ2v) is 8.28. The standard InChI is InChI=1S/C20H22ClN3O2S/c1-12-6-13(21)7-17(19(12)26-11-14-9-22-4-5-23-14)16-2-3-24-18-8-15(10-25)27-20(16)18/h2-3,6-8,14,22-23,25H,4-5,9-11H2,1H3/t14-/m0/s1. The Morgan fingerprint density at radius 1 is 1.30 bits per heavy atom. The number of aliphatic hydroxyl groups excluding tert-OH is 1. The van der Waals surface area contributed by atoms with Gasteiger partial charge in [-0.05, 0) is 36.8 Å². The highest BCUT2D eigenvalue weighted by molar-refractivity contribution is 7.19. The van der Waals surface area contributed by atoms with Gasteiger partial charge in [0.05, 0.1) is 22.9 Å². The molecule has 1 atom stereocenters. The van der Waals surface area contributed by atoms with Crippen molar-refractivity contribution in [3.8, 4) is 16.9 Å². The summed E-state index contributed by atoms with van der Waals surface area (Å²) < 4.78 is 7.31. The van der Waals surface area contributed by atoms with E-state index in [1.807, 2.05) is 31.2 Å². The molecule has 3 aromatic rings. The number of aromatic nitrogens is 1. The van der Waals surface area contributed by atoms with E-state index in [1.54, 1.807) is 17.5 Å². The Morgan fingerprint density at radius 2 is 2.19 bits per heavy atom. The number of hydrogen-bond donors (Lipinski definition) is 3. The SMILES string of the molecule is Cc1cc(Cl)cc(-c2ccnc3cc(CO)sc23)c1OC[C@@H]1CNCCN1. The van der Waals surface area contributed by atoms with Crippen molar-refractivity contribution in [3.63, 3.8) is 0 Å². The highest BCUT2D eigenvalue weighted by Gasteiger charge is 2.18. The number of aryl methyl sites for hydroxylation is 1. The fraction of sp³-hybridized carbons (Fsp3) is 0.350. The van der Waals surface area contributed by atoms with Crippen molar-refractivity contribution >= 4 is 33.2 Å². The molecule has 2 aromatic heterocycles. The molecule has 0 radical (unpaired) electrons. The molecule has 1 aliphatic rings. The second-order valence-electron chi connectivity index (χ2n) is 6.71. The number of hydrogen-bond acceptors (Lipinski definition) is 6. The lowest BCUT2D eigenvalue weighted by atomic mass is 10.0. The number of halogens is 1. The van der Waals surface area contributed by atoms with Gasteiger partial charge in [0, 0.05) is 46.9 Å². The van der Waals surface area contributed by atoms with Gasteiger partial charge in [-0.1, -0.05) is 11.6 Å². The lowest BCUT2D eigenvalue weighted by Crippen LogP contribution is -2.51. The van der Waals surface area contributed by atoms with E-state index in [0.717, 1.165) is 57.2 Å². The van der Waals surface area contributed by atoms with Crippen LogP contribution in [0.5, 0.6) is 5.75 Å². The Labute approximate surface area is 167 Å². The molecule has 142 valence electrons. The summed E-state index contributed by atoms with van der Waals surface area (Å²) in [4.78, 5) is 5.33. The van der Waals surface area contributed by atoms with Crippen molar-refractivity contribution in [1.82, 2.24) is 15.6 Å². The Morgan fingerprint density at radius 3 is 2.96 bits per heavy atom. The number of piperazine rings is 1. The van der Waals surface area contributed by atoms with E-state index < -0.39 is 0 Å². The summed E-state index contributed by atoms with van der Waals surface area (Å²) in [6.45, 7) is 5.45. The molecular formula is C20H22ClN3O2S. The van der Waals surface area contributed by atoms with E-state index in [0.29, 0.717) is 11.6 Å². The first kappa shape index (κ1) is 18.7. The maximum Gasteiger partial charge on any atom is 0.130 e. The Bertz CT molecular complexity index is 954. The first-order valence-corrected chi connectivity index (χ1v) is 10.2. The quantitative estimate of drug-likeness (QED) is 0.609.